The van der Waals surface area contributed by atoms with Gasteiger partial charge in [-0.2, -0.15) is 0 Å². The molecule has 0 saturated carbocycles. The van der Waals surface area contributed by atoms with E-state index >= 15 is 0 Å². The number of ether oxygens (including phenoxy) is 1. The highest BCUT2D eigenvalue weighted by atomic mass is 32.1. The number of nitrogens with zero attached hydrogens (tertiary/aromatic N) is 1. The lowest BCUT2D eigenvalue weighted by Crippen LogP contribution is -2.45. The minimum absolute atomic E-state index is 0.283. The van der Waals surface area contributed by atoms with Gasteiger partial charge in [0, 0.05) is 25.2 Å². The second kappa shape index (κ2) is 5.78. The molecule has 0 radical (unpaired) electrons. The molecule has 2 rings (SSSR count). The number of benzene rings is 1. The second-order valence-electron chi connectivity index (χ2n) is 4.97. The number of rotatable bonds is 3. The Morgan fingerprint density at radius 3 is 2.56 bits per heavy atom. The van der Waals surface area contributed by atoms with Crippen LogP contribution in [0.1, 0.15) is 25.0 Å². The maximum Gasteiger partial charge on any atom is 0.104 e. The fourth-order valence-electron chi connectivity index (χ4n) is 2.55. The molecule has 1 aliphatic rings. The van der Waals surface area contributed by atoms with Crippen LogP contribution in [0.15, 0.2) is 24.3 Å². The van der Waals surface area contributed by atoms with E-state index in [4.69, 9.17) is 22.7 Å². The number of hydrogen-bond donors (Lipinski definition) is 1. The molecule has 1 saturated heterocycles. The minimum Gasteiger partial charge on any atom is -0.389 e. The molecule has 1 aromatic rings. The van der Waals surface area contributed by atoms with E-state index < -0.39 is 0 Å². The van der Waals surface area contributed by atoms with Crippen LogP contribution in [-0.2, 0) is 11.3 Å². The Morgan fingerprint density at radius 1 is 1.33 bits per heavy atom. The summed E-state index contributed by atoms with van der Waals surface area (Å²) in [5, 5.41) is 0. The van der Waals surface area contributed by atoms with Crippen LogP contribution in [-0.4, -0.2) is 35.2 Å². The zero-order valence-electron chi connectivity index (χ0n) is 10.9. The Labute approximate surface area is 114 Å². The molecule has 0 bridgehead atoms. The first-order chi connectivity index (χ1) is 8.56. The highest BCUT2D eigenvalue weighted by molar-refractivity contribution is 7.80. The van der Waals surface area contributed by atoms with Crippen LogP contribution < -0.4 is 5.73 Å². The minimum atomic E-state index is 0.283. The van der Waals surface area contributed by atoms with Gasteiger partial charge in [0.2, 0.25) is 0 Å². The Hall–Kier alpha value is -0.970. The smallest absolute Gasteiger partial charge is 0.104 e. The fourth-order valence-corrected chi connectivity index (χ4v) is 2.75. The largest absolute Gasteiger partial charge is 0.389 e. The molecule has 2 atom stereocenters. The third-order valence-electron chi connectivity index (χ3n) is 3.17. The van der Waals surface area contributed by atoms with Crippen LogP contribution in [0.5, 0.6) is 0 Å². The first kappa shape index (κ1) is 13.5. The maximum atomic E-state index is 5.76. The lowest BCUT2D eigenvalue weighted by Gasteiger charge is -2.35. The molecule has 98 valence electrons. The van der Waals surface area contributed by atoms with E-state index in [1.165, 1.54) is 5.56 Å². The van der Waals surface area contributed by atoms with Gasteiger partial charge in [0.15, 0.2) is 0 Å². The van der Waals surface area contributed by atoms with Gasteiger partial charge >= 0.3 is 0 Å². The van der Waals surface area contributed by atoms with Crippen LogP contribution in [0.2, 0.25) is 0 Å². The molecule has 3 nitrogen and oxygen atoms in total. The van der Waals surface area contributed by atoms with Crippen molar-refractivity contribution in [1.82, 2.24) is 4.90 Å². The van der Waals surface area contributed by atoms with Gasteiger partial charge in [-0.05, 0) is 19.4 Å². The lowest BCUT2D eigenvalue weighted by atomic mass is 10.1. The van der Waals surface area contributed by atoms with Crippen molar-refractivity contribution in [3.8, 4) is 0 Å². The van der Waals surface area contributed by atoms with Crippen molar-refractivity contribution in [3.05, 3.63) is 35.4 Å². The molecule has 0 aliphatic carbocycles. The summed E-state index contributed by atoms with van der Waals surface area (Å²) in [6.45, 7) is 7.02. The third-order valence-corrected chi connectivity index (χ3v) is 3.39. The summed E-state index contributed by atoms with van der Waals surface area (Å²) in [5.41, 5.74) is 7.95. The average molecular weight is 264 g/mol. The SMILES string of the molecule is C[C@@H]1CN(Cc2ccccc2C(N)=S)C[C@H](C)O1. The zero-order valence-corrected chi connectivity index (χ0v) is 11.7. The van der Waals surface area contributed by atoms with Crippen LogP contribution in [0.4, 0.5) is 0 Å². The fraction of sp³-hybridized carbons (Fsp3) is 0.500. The quantitative estimate of drug-likeness (QED) is 0.847. The molecule has 1 fully saturated rings. The summed E-state index contributed by atoms with van der Waals surface area (Å²) in [4.78, 5) is 2.87. The summed E-state index contributed by atoms with van der Waals surface area (Å²) >= 11 is 5.10. The number of nitrogens with two attached hydrogens (primary N) is 1. The highest BCUT2D eigenvalue weighted by Gasteiger charge is 2.22. The van der Waals surface area contributed by atoms with Crippen molar-refractivity contribution in [1.29, 1.82) is 0 Å². The molecule has 2 N–H and O–H groups in total. The molecule has 0 spiro atoms. The van der Waals surface area contributed by atoms with Gasteiger partial charge in [-0.1, -0.05) is 36.5 Å². The Bertz CT molecular complexity index is 426. The van der Waals surface area contributed by atoms with Crippen LogP contribution in [0.3, 0.4) is 0 Å². The van der Waals surface area contributed by atoms with Crippen molar-refractivity contribution in [2.24, 2.45) is 5.73 Å². The predicted octanol–water partition coefficient (Wildman–Crippen LogP) is 1.93. The molecule has 0 aromatic heterocycles. The van der Waals surface area contributed by atoms with Crippen LogP contribution in [0, 0.1) is 0 Å². The van der Waals surface area contributed by atoms with E-state index in [0.717, 1.165) is 25.2 Å². The zero-order chi connectivity index (χ0) is 13.1. The summed E-state index contributed by atoms with van der Waals surface area (Å²) in [7, 11) is 0. The van der Waals surface area contributed by atoms with E-state index in [-0.39, 0.29) is 12.2 Å². The standard InChI is InChI=1S/C14H20N2OS/c1-10-7-16(8-11(2)17-10)9-12-5-3-4-6-13(12)14(15)18/h3-6,10-11H,7-9H2,1-2H3,(H2,15,18)/t10-,11+. The molecular formula is C14H20N2OS. The summed E-state index contributed by atoms with van der Waals surface area (Å²) in [6.07, 6.45) is 0.566. The molecule has 4 heteroatoms. The monoisotopic (exact) mass is 264 g/mol. The maximum absolute atomic E-state index is 5.76. The van der Waals surface area contributed by atoms with E-state index in [9.17, 15) is 0 Å². The highest BCUT2D eigenvalue weighted by Crippen LogP contribution is 2.16. The van der Waals surface area contributed by atoms with Gasteiger partial charge in [-0.3, -0.25) is 4.90 Å². The van der Waals surface area contributed by atoms with Crippen molar-refractivity contribution < 1.29 is 4.74 Å². The normalized spacial score (nSPS) is 25.0. The summed E-state index contributed by atoms with van der Waals surface area (Å²) < 4.78 is 5.74. The molecule has 1 aliphatic heterocycles. The summed E-state index contributed by atoms with van der Waals surface area (Å²) in [6, 6.07) is 8.09. The van der Waals surface area contributed by atoms with Crippen molar-refractivity contribution in [3.63, 3.8) is 0 Å². The molecule has 0 unspecified atom stereocenters. The molecular weight excluding hydrogens is 244 g/mol. The topological polar surface area (TPSA) is 38.5 Å². The molecule has 1 heterocycles. The molecule has 1 aromatic carbocycles. The summed E-state index contributed by atoms with van der Waals surface area (Å²) in [5.74, 6) is 0. The molecule has 18 heavy (non-hydrogen) atoms. The van der Waals surface area contributed by atoms with Gasteiger partial charge in [0.05, 0.1) is 12.2 Å². The van der Waals surface area contributed by atoms with E-state index in [1.54, 1.807) is 0 Å². The van der Waals surface area contributed by atoms with Crippen molar-refractivity contribution >= 4 is 17.2 Å². The van der Waals surface area contributed by atoms with E-state index in [1.807, 2.05) is 18.2 Å². The predicted molar refractivity (Wildman–Crippen MR) is 77.6 cm³/mol. The Kier molecular flexibility index (Phi) is 4.32. The van der Waals surface area contributed by atoms with Gasteiger partial charge < -0.3 is 10.5 Å². The Balaban J connectivity index is 2.11. The van der Waals surface area contributed by atoms with Crippen molar-refractivity contribution in [2.75, 3.05) is 13.1 Å². The lowest BCUT2D eigenvalue weighted by molar-refractivity contribution is -0.0705. The Morgan fingerprint density at radius 2 is 1.94 bits per heavy atom. The number of morpholine rings is 1. The van der Waals surface area contributed by atoms with Crippen LogP contribution >= 0.6 is 12.2 Å². The number of hydrogen-bond acceptors (Lipinski definition) is 3. The first-order valence-electron chi connectivity index (χ1n) is 6.31. The van der Waals surface area contributed by atoms with Gasteiger partial charge in [-0.15, -0.1) is 0 Å². The second-order valence-corrected chi connectivity index (χ2v) is 5.41. The molecule has 0 amide bonds. The average Bonchev–Trinajstić information content (AvgIpc) is 2.27. The van der Waals surface area contributed by atoms with Gasteiger partial charge in [0.1, 0.15) is 4.99 Å². The van der Waals surface area contributed by atoms with Gasteiger partial charge in [-0.25, -0.2) is 0 Å². The first-order valence-corrected chi connectivity index (χ1v) is 6.72. The number of thiocarbonyl (C=S) groups is 1. The van der Waals surface area contributed by atoms with Crippen molar-refractivity contribution in [2.45, 2.75) is 32.6 Å². The third kappa shape index (κ3) is 3.28. The van der Waals surface area contributed by atoms with E-state index in [0.29, 0.717) is 4.99 Å². The van der Waals surface area contributed by atoms with Gasteiger partial charge in [0.25, 0.3) is 0 Å². The van der Waals surface area contributed by atoms with E-state index in [2.05, 4.69) is 24.8 Å². The van der Waals surface area contributed by atoms with Crippen LogP contribution in [0.25, 0.3) is 0 Å².